The van der Waals surface area contributed by atoms with Gasteiger partial charge >= 0.3 is 5.97 Å². The maximum atomic E-state index is 13.2. The number of esters is 1. The van der Waals surface area contributed by atoms with Gasteiger partial charge in [-0.25, -0.2) is 4.79 Å². The molecule has 8 nitrogen and oxygen atoms in total. The third kappa shape index (κ3) is 6.43. The molecule has 2 aromatic carbocycles. The molecule has 0 fully saturated rings. The lowest BCUT2D eigenvalue weighted by atomic mass is 9.94. The molecule has 1 heterocycles. The zero-order valence-corrected chi connectivity index (χ0v) is 21.5. The summed E-state index contributed by atoms with van der Waals surface area (Å²) in [5, 5.41) is 9.75. The van der Waals surface area contributed by atoms with E-state index in [2.05, 4.69) is 16.0 Å². The Bertz CT molecular complexity index is 1140. The number of thiocarbonyl (C=S) groups is 1. The number of amides is 1. The van der Waals surface area contributed by atoms with Gasteiger partial charge in [0.15, 0.2) is 22.7 Å². The van der Waals surface area contributed by atoms with E-state index in [9.17, 15) is 9.59 Å². The quantitative estimate of drug-likeness (QED) is 0.341. The summed E-state index contributed by atoms with van der Waals surface area (Å²) in [6.07, 6.45) is -0.864. The molecule has 0 bridgehead atoms. The molecule has 0 spiro atoms. The van der Waals surface area contributed by atoms with E-state index in [-0.39, 0.29) is 18.3 Å². The molecule has 0 saturated heterocycles. The number of benzene rings is 2. The Balaban J connectivity index is 1.91. The fourth-order valence-electron chi connectivity index (χ4n) is 3.62. The Hall–Kier alpha value is -3.30. The third-order valence-electron chi connectivity index (χ3n) is 5.33. The molecule has 2 unspecified atom stereocenters. The fourth-order valence-corrected chi connectivity index (χ4v) is 4.16. The Kier molecular flexibility index (Phi) is 8.95. The van der Waals surface area contributed by atoms with Crippen molar-refractivity contribution >= 4 is 40.8 Å². The van der Waals surface area contributed by atoms with Gasteiger partial charge < -0.3 is 30.2 Å². The van der Waals surface area contributed by atoms with Gasteiger partial charge in [-0.1, -0.05) is 41.9 Å². The minimum absolute atomic E-state index is 0.242. The zero-order valence-electron chi connectivity index (χ0n) is 19.9. The molecule has 3 rings (SSSR count). The number of nitrogens with one attached hydrogen (secondary N) is 3. The number of hydrogen-bond donors (Lipinski definition) is 3. The van der Waals surface area contributed by atoms with Crippen molar-refractivity contribution in [1.29, 1.82) is 0 Å². The van der Waals surface area contributed by atoms with Crippen molar-refractivity contribution in [3.05, 3.63) is 69.9 Å². The van der Waals surface area contributed by atoms with Crippen LogP contribution in [0.3, 0.4) is 0 Å². The molecule has 10 heteroatoms. The van der Waals surface area contributed by atoms with Gasteiger partial charge in [-0.15, -0.1) is 0 Å². The van der Waals surface area contributed by atoms with E-state index in [1.165, 1.54) is 7.11 Å². The SMILES string of the molecule is CCOC(=O)C(C)Oc1cc(Cl)c(C2NC(=S)NC(C)=C2C(=O)NCc2ccccc2)cc1OC. The second kappa shape index (κ2) is 11.9. The van der Waals surface area contributed by atoms with Gasteiger partial charge in [0, 0.05) is 23.9 Å². The van der Waals surface area contributed by atoms with Crippen molar-refractivity contribution in [1.82, 2.24) is 16.0 Å². The van der Waals surface area contributed by atoms with E-state index in [1.807, 2.05) is 30.3 Å². The second-order valence-electron chi connectivity index (χ2n) is 7.78. The molecule has 1 aliphatic heterocycles. The lowest BCUT2D eigenvalue weighted by Gasteiger charge is -2.31. The second-order valence-corrected chi connectivity index (χ2v) is 8.59. The number of hydrogen-bond acceptors (Lipinski definition) is 6. The molecule has 0 radical (unpaired) electrons. The summed E-state index contributed by atoms with van der Waals surface area (Å²) >= 11 is 12.0. The van der Waals surface area contributed by atoms with E-state index in [4.69, 9.17) is 38.0 Å². The predicted molar refractivity (Wildman–Crippen MR) is 137 cm³/mol. The maximum absolute atomic E-state index is 13.2. The van der Waals surface area contributed by atoms with E-state index in [1.54, 1.807) is 32.9 Å². The van der Waals surface area contributed by atoms with Crippen molar-refractivity contribution in [2.24, 2.45) is 0 Å². The number of halogens is 1. The molecular formula is C25H28ClN3O5S. The Labute approximate surface area is 215 Å². The van der Waals surface area contributed by atoms with E-state index in [0.717, 1.165) is 5.56 Å². The van der Waals surface area contributed by atoms with Crippen molar-refractivity contribution in [3.8, 4) is 11.5 Å². The number of carbonyl (C=O) groups is 2. The first-order valence-corrected chi connectivity index (χ1v) is 11.8. The van der Waals surface area contributed by atoms with Crippen LogP contribution in [-0.4, -0.2) is 36.8 Å². The summed E-state index contributed by atoms with van der Waals surface area (Å²) in [5.41, 5.74) is 2.58. The van der Waals surface area contributed by atoms with Crippen LogP contribution < -0.4 is 25.4 Å². The van der Waals surface area contributed by atoms with E-state index < -0.39 is 18.1 Å². The van der Waals surface area contributed by atoms with Crippen molar-refractivity contribution < 1.29 is 23.8 Å². The van der Waals surface area contributed by atoms with Crippen LogP contribution in [0.4, 0.5) is 0 Å². The average molecular weight is 518 g/mol. The average Bonchev–Trinajstić information content (AvgIpc) is 2.83. The molecule has 186 valence electrons. The van der Waals surface area contributed by atoms with Gasteiger partial charge in [0.2, 0.25) is 0 Å². The van der Waals surface area contributed by atoms with Crippen LogP contribution in [0.5, 0.6) is 11.5 Å². The number of methoxy groups -OCH3 is 1. The minimum atomic E-state index is -0.864. The van der Waals surface area contributed by atoms with Crippen molar-refractivity contribution in [2.75, 3.05) is 13.7 Å². The first-order chi connectivity index (χ1) is 16.7. The Morgan fingerprint density at radius 3 is 2.57 bits per heavy atom. The van der Waals surface area contributed by atoms with Crippen LogP contribution in [0.2, 0.25) is 5.02 Å². The third-order valence-corrected chi connectivity index (χ3v) is 5.87. The first-order valence-electron chi connectivity index (χ1n) is 11.1. The summed E-state index contributed by atoms with van der Waals surface area (Å²) in [5.74, 6) is -0.163. The van der Waals surface area contributed by atoms with Gasteiger partial charge in [-0.3, -0.25) is 4.79 Å². The summed E-state index contributed by atoms with van der Waals surface area (Å²) < 4.78 is 16.2. The molecule has 1 aliphatic rings. The highest BCUT2D eigenvalue weighted by atomic mass is 35.5. The molecule has 0 saturated carbocycles. The van der Waals surface area contributed by atoms with Gasteiger partial charge in [0.05, 0.1) is 30.4 Å². The lowest BCUT2D eigenvalue weighted by Crippen LogP contribution is -2.46. The standard InChI is InChI=1S/C25H28ClN3O5S/c1-5-33-24(31)15(3)34-20-12-18(26)17(11-19(20)32-4)22-21(14(2)28-25(35)29-22)23(30)27-13-16-9-7-6-8-10-16/h6-12,15,22H,5,13H2,1-4H3,(H,27,30)(H2,28,29,35). The van der Waals surface area contributed by atoms with Crippen molar-refractivity contribution in [3.63, 3.8) is 0 Å². The van der Waals surface area contributed by atoms with Crippen LogP contribution in [0, 0.1) is 0 Å². The predicted octanol–water partition coefficient (Wildman–Crippen LogP) is 3.79. The topological polar surface area (TPSA) is 97.9 Å². The van der Waals surface area contributed by atoms with E-state index >= 15 is 0 Å². The fraction of sp³-hybridized carbons (Fsp3) is 0.320. The highest BCUT2D eigenvalue weighted by Gasteiger charge is 2.32. The molecule has 2 atom stereocenters. The summed E-state index contributed by atoms with van der Waals surface area (Å²) in [7, 11) is 1.48. The number of rotatable bonds is 9. The van der Waals surface area contributed by atoms with Crippen molar-refractivity contribution in [2.45, 2.75) is 39.5 Å². The van der Waals surface area contributed by atoms with Gasteiger partial charge in [0.1, 0.15) is 0 Å². The van der Waals surface area contributed by atoms with Crippen LogP contribution in [0.25, 0.3) is 0 Å². The first kappa shape index (κ1) is 26.3. The number of carbonyl (C=O) groups excluding carboxylic acids is 2. The van der Waals surface area contributed by atoms with Crippen LogP contribution >= 0.6 is 23.8 Å². The van der Waals surface area contributed by atoms with Gasteiger partial charge in [0.25, 0.3) is 5.91 Å². The highest BCUT2D eigenvalue weighted by Crippen LogP contribution is 2.39. The molecule has 1 amide bonds. The maximum Gasteiger partial charge on any atom is 0.347 e. The molecular weight excluding hydrogens is 490 g/mol. The smallest absolute Gasteiger partial charge is 0.347 e. The highest BCUT2D eigenvalue weighted by molar-refractivity contribution is 7.80. The monoisotopic (exact) mass is 517 g/mol. The normalized spacial score (nSPS) is 16.0. The summed E-state index contributed by atoms with van der Waals surface area (Å²) in [4.78, 5) is 25.2. The largest absolute Gasteiger partial charge is 0.493 e. The molecule has 2 aromatic rings. The van der Waals surface area contributed by atoms with E-state index in [0.29, 0.717) is 39.3 Å². The van der Waals surface area contributed by atoms with Crippen LogP contribution in [0.15, 0.2) is 53.7 Å². The number of ether oxygens (including phenoxy) is 3. The van der Waals surface area contributed by atoms with Gasteiger partial charge in [-0.2, -0.15) is 0 Å². The zero-order chi connectivity index (χ0) is 25.5. The Morgan fingerprint density at radius 1 is 1.20 bits per heavy atom. The van der Waals surface area contributed by atoms with Crippen LogP contribution in [0.1, 0.15) is 37.9 Å². The number of allylic oxidation sites excluding steroid dienone is 1. The lowest BCUT2D eigenvalue weighted by molar-refractivity contribution is -0.150. The molecule has 0 aromatic heterocycles. The molecule has 3 N–H and O–H groups in total. The Morgan fingerprint density at radius 2 is 1.91 bits per heavy atom. The van der Waals surface area contributed by atoms with Gasteiger partial charge in [-0.05, 0) is 44.6 Å². The summed E-state index contributed by atoms with van der Waals surface area (Å²) in [6.45, 7) is 5.68. The molecule has 35 heavy (non-hydrogen) atoms. The van der Waals surface area contributed by atoms with Crippen LogP contribution in [-0.2, 0) is 20.9 Å². The minimum Gasteiger partial charge on any atom is -0.493 e. The molecule has 0 aliphatic carbocycles. The summed E-state index contributed by atoms with van der Waals surface area (Å²) in [6, 6.07) is 12.2.